The molecule has 0 bridgehead atoms. The molecule has 3 saturated heterocycles. The lowest BCUT2D eigenvalue weighted by atomic mass is 9.76. The lowest BCUT2D eigenvalue weighted by Gasteiger charge is -2.44. The number of H-pyrrole nitrogens is 1. The second kappa shape index (κ2) is 15.9. The van der Waals surface area contributed by atoms with Crippen LogP contribution in [0.15, 0.2) is 67.0 Å². The van der Waals surface area contributed by atoms with Gasteiger partial charge in [0.15, 0.2) is 6.10 Å². The molecule has 2 aromatic carbocycles. The number of piperidine rings is 1. The van der Waals surface area contributed by atoms with Crippen molar-refractivity contribution in [3.8, 4) is 17.0 Å². The number of benzene rings is 2. The van der Waals surface area contributed by atoms with Crippen LogP contribution in [-0.2, 0) is 20.5 Å². The van der Waals surface area contributed by atoms with Crippen molar-refractivity contribution in [1.82, 2.24) is 40.4 Å². The Morgan fingerprint density at radius 3 is 2.56 bits per heavy atom. The summed E-state index contributed by atoms with van der Waals surface area (Å²) in [6.07, 6.45) is 4.95. The van der Waals surface area contributed by atoms with Gasteiger partial charge in [-0.05, 0) is 80.3 Å². The van der Waals surface area contributed by atoms with Gasteiger partial charge in [0.25, 0.3) is 5.91 Å². The maximum absolute atomic E-state index is 14.2. The first-order chi connectivity index (χ1) is 26.1. The van der Waals surface area contributed by atoms with Crippen molar-refractivity contribution in [1.29, 1.82) is 0 Å². The molecule has 0 saturated carbocycles. The van der Waals surface area contributed by atoms with Crippen LogP contribution in [0.4, 0.5) is 4.79 Å². The minimum Gasteiger partial charge on any atom is -0.496 e. The first-order valence-corrected chi connectivity index (χ1v) is 18.7. The maximum Gasteiger partial charge on any atom is 0.334 e. The molecule has 0 radical (unpaired) electrons. The number of pyridine rings is 1. The fourth-order valence-electron chi connectivity index (χ4n) is 7.89. The number of carboxylic acids is 1. The van der Waals surface area contributed by atoms with Gasteiger partial charge in [-0.15, -0.1) is 0 Å². The highest BCUT2D eigenvalue weighted by Crippen LogP contribution is 2.42. The first kappa shape index (κ1) is 37.6. The number of carbonyl (C=O) groups excluding carboxylic acids is 2. The molecule has 3 N–H and O–H groups in total. The van der Waals surface area contributed by atoms with Crippen molar-refractivity contribution in [2.45, 2.75) is 42.7 Å². The quantitative estimate of drug-likeness (QED) is 0.203. The van der Waals surface area contributed by atoms with E-state index in [-0.39, 0.29) is 25.1 Å². The van der Waals surface area contributed by atoms with Crippen molar-refractivity contribution >= 4 is 41.1 Å². The van der Waals surface area contributed by atoms with Crippen LogP contribution in [-0.4, -0.2) is 124 Å². The summed E-state index contributed by atoms with van der Waals surface area (Å²) in [4.78, 5) is 49.8. The van der Waals surface area contributed by atoms with Crippen molar-refractivity contribution in [3.63, 3.8) is 0 Å². The van der Waals surface area contributed by atoms with E-state index in [1.165, 1.54) is 4.90 Å². The Kier molecular flexibility index (Phi) is 11.1. The molecule has 5 heterocycles. The number of ether oxygens (including phenoxy) is 2. The van der Waals surface area contributed by atoms with Gasteiger partial charge in [-0.2, -0.15) is 15.4 Å². The van der Waals surface area contributed by atoms with Crippen LogP contribution in [0.25, 0.3) is 11.3 Å². The van der Waals surface area contributed by atoms with Crippen molar-refractivity contribution in [3.05, 3.63) is 93.9 Å². The second-order valence-electron chi connectivity index (χ2n) is 14.1. The van der Waals surface area contributed by atoms with Crippen molar-refractivity contribution in [2.75, 3.05) is 59.5 Å². The van der Waals surface area contributed by atoms with Crippen LogP contribution in [0.2, 0.25) is 10.0 Å². The summed E-state index contributed by atoms with van der Waals surface area (Å²) in [5, 5.41) is 24.4. The average molecular weight is 778 g/mol. The Morgan fingerprint density at radius 2 is 1.85 bits per heavy atom. The van der Waals surface area contributed by atoms with E-state index in [9.17, 15) is 19.5 Å². The number of aliphatic carboxylic acids is 1. The van der Waals surface area contributed by atoms with Crippen LogP contribution in [0, 0.1) is 0 Å². The molecule has 4 aromatic rings. The average Bonchev–Trinajstić information content (AvgIpc) is 3.91. The summed E-state index contributed by atoms with van der Waals surface area (Å²) in [6.45, 7) is 3.55. The van der Waals surface area contributed by atoms with Gasteiger partial charge >= 0.3 is 12.0 Å². The molecule has 0 spiro atoms. The third-order valence-electron chi connectivity index (χ3n) is 11.1. The molecule has 0 aliphatic carbocycles. The molecule has 14 nitrogen and oxygen atoms in total. The molecule has 2 unspecified atom stereocenters. The van der Waals surface area contributed by atoms with Gasteiger partial charge in [0.05, 0.1) is 53.3 Å². The van der Waals surface area contributed by atoms with Gasteiger partial charge in [-0.25, -0.2) is 9.59 Å². The van der Waals surface area contributed by atoms with E-state index in [4.69, 9.17) is 32.7 Å². The molecule has 16 heteroatoms. The maximum atomic E-state index is 14.2. The molecule has 3 amide bonds. The predicted molar refractivity (Wildman–Crippen MR) is 201 cm³/mol. The summed E-state index contributed by atoms with van der Waals surface area (Å²) in [6, 6.07) is 16.5. The Bertz CT molecular complexity index is 1980. The SMILES string of the molecule is COc1ccc(-c2cn[nH]n2)cc1C(=O)N1CCC(CCN2CCC(NC(=O)N3CCOC(C(=O)O)C3)(c3ccccn3)CC2)(c2ccc(Cl)c(Cl)c2)C1. The summed E-state index contributed by atoms with van der Waals surface area (Å²) in [5.41, 5.74) is 2.47. The van der Waals surface area contributed by atoms with Gasteiger partial charge in [-0.1, -0.05) is 35.3 Å². The zero-order valence-corrected chi connectivity index (χ0v) is 31.4. The Balaban J connectivity index is 1.08. The number of methoxy groups -OCH3 is 1. The molecule has 7 rings (SSSR count). The second-order valence-corrected chi connectivity index (χ2v) is 14.9. The smallest absolute Gasteiger partial charge is 0.334 e. The molecule has 2 atom stereocenters. The first-order valence-electron chi connectivity index (χ1n) is 17.9. The number of urea groups is 1. The predicted octanol–water partition coefficient (Wildman–Crippen LogP) is 4.84. The van der Waals surface area contributed by atoms with E-state index in [2.05, 4.69) is 30.6 Å². The van der Waals surface area contributed by atoms with Gasteiger partial charge in [0, 0.05) is 49.9 Å². The van der Waals surface area contributed by atoms with Gasteiger partial charge in [-0.3, -0.25) is 9.78 Å². The molecule has 54 heavy (non-hydrogen) atoms. The van der Waals surface area contributed by atoms with Gasteiger partial charge in [0.1, 0.15) is 11.4 Å². The van der Waals surface area contributed by atoms with E-state index < -0.39 is 23.0 Å². The number of nitrogens with zero attached hydrogens (tertiary/aromatic N) is 6. The van der Waals surface area contributed by atoms with Gasteiger partial charge in [0.2, 0.25) is 0 Å². The third kappa shape index (κ3) is 7.74. The fourth-order valence-corrected chi connectivity index (χ4v) is 8.19. The monoisotopic (exact) mass is 776 g/mol. The molecule has 2 aromatic heterocycles. The Morgan fingerprint density at radius 1 is 1.02 bits per heavy atom. The number of amides is 3. The third-order valence-corrected chi connectivity index (χ3v) is 11.8. The summed E-state index contributed by atoms with van der Waals surface area (Å²) in [5.74, 6) is -0.750. The highest BCUT2D eigenvalue weighted by molar-refractivity contribution is 6.42. The number of rotatable bonds is 10. The van der Waals surface area contributed by atoms with Crippen molar-refractivity contribution < 1.29 is 29.0 Å². The Hall–Kier alpha value is -4.76. The van der Waals surface area contributed by atoms with Crippen LogP contribution in [0.5, 0.6) is 5.75 Å². The number of hydrogen-bond acceptors (Lipinski definition) is 9. The fraction of sp³-hybridized carbons (Fsp3) is 0.421. The number of nitrogens with one attached hydrogen (secondary N) is 2. The molecule has 3 aliphatic heterocycles. The van der Waals surface area contributed by atoms with Crippen LogP contribution < -0.4 is 10.1 Å². The largest absolute Gasteiger partial charge is 0.496 e. The summed E-state index contributed by atoms with van der Waals surface area (Å²) >= 11 is 12.9. The molecule has 3 fully saturated rings. The summed E-state index contributed by atoms with van der Waals surface area (Å²) in [7, 11) is 1.55. The highest BCUT2D eigenvalue weighted by Gasteiger charge is 2.44. The van der Waals surface area contributed by atoms with Crippen molar-refractivity contribution in [2.24, 2.45) is 0 Å². The Labute approximate surface area is 322 Å². The van der Waals surface area contributed by atoms with Crippen LogP contribution in [0.3, 0.4) is 0 Å². The number of morpholine rings is 1. The lowest BCUT2D eigenvalue weighted by molar-refractivity contribution is -0.154. The topological polar surface area (TPSA) is 166 Å². The number of carboxylic acid groups (broad SMARTS) is 1. The highest BCUT2D eigenvalue weighted by atomic mass is 35.5. The number of hydrogen-bond donors (Lipinski definition) is 3. The zero-order chi connectivity index (χ0) is 37.9. The molecular weight excluding hydrogens is 735 g/mol. The molecule has 3 aliphatic rings. The number of aromatic amines is 1. The minimum atomic E-state index is -1.09. The van der Waals surface area contributed by atoms with Crippen LogP contribution >= 0.6 is 23.2 Å². The standard InChI is InChI=1S/C38H42Cl2N8O6/c1-53-31-8-5-25(30-22-42-45-44-30)20-27(31)34(49)48-17-10-37(24-48,26-6-7-28(39)29(40)21-26)9-14-46-15-11-38(12-16-46,33-4-2-3-13-41-33)43-36(52)47-18-19-54-32(23-47)35(50)51/h2-8,13,20-22,32H,9-12,14-19,23-24H2,1H3,(H,43,52)(H,50,51)(H,42,44,45). The zero-order valence-electron chi connectivity index (χ0n) is 29.8. The normalized spacial score (nSPS) is 21.5. The molecular formula is C38H42Cl2N8O6. The van der Waals surface area contributed by atoms with Crippen LogP contribution in [0.1, 0.15) is 47.3 Å². The minimum absolute atomic E-state index is 0.0261. The summed E-state index contributed by atoms with van der Waals surface area (Å²) < 4.78 is 11.0. The van der Waals surface area contributed by atoms with E-state index in [0.717, 1.165) is 36.2 Å². The number of aromatic nitrogens is 4. The number of halogens is 2. The van der Waals surface area contributed by atoms with E-state index in [1.54, 1.807) is 31.6 Å². The van der Waals surface area contributed by atoms with Gasteiger partial charge < -0.3 is 34.6 Å². The number of carbonyl (C=O) groups is 3. The lowest BCUT2D eigenvalue weighted by Crippen LogP contribution is -2.59. The van der Waals surface area contributed by atoms with E-state index in [0.29, 0.717) is 72.6 Å². The molecule has 284 valence electrons. The van der Waals surface area contributed by atoms with E-state index in [1.807, 2.05) is 47.4 Å². The number of likely N-dealkylation sites (tertiary alicyclic amines) is 2. The van der Waals surface area contributed by atoms with E-state index >= 15 is 0 Å².